The first-order valence-electron chi connectivity index (χ1n) is 13.0. The summed E-state index contributed by atoms with van der Waals surface area (Å²) in [5.41, 5.74) is 1.94. The third-order valence-electron chi connectivity index (χ3n) is 6.79. The number of ketones is 1. The predicted octanol–water partition coefficient (Wildman–Crippen LogP) is 5.17. The Bertz CT molecular complexity index is 1520. The van der Waals surface area contributed by atoms with Crippen LogP contribution in [0.2, 0.25) is 0 Å². The molecule has 3 heterocycles. The number of nitrogens with one attached hydrogen (secondary N) is 1. The summed E-state index contributed by atoms with van der Waals surface area (Å²) in [5, 5.41) is 11.4. The Hall–Kier alpha value is -4.86. The molecule has 0 bridgehead atoms. The Morgan fingerprint density at radius 1 is 1.05 bits per heavy atom. The van der Waals surface area contributed by atoms with Gasteiger partial charge in [0.25, 0.3) is 5.78 Å². The number of imidazole rings is 1. The van der Waals surface area contributed by atoms with Crippen molar-refractivity contribution in [3.8, 4) is 17.2 Å². The number of aromatic amines is 1. The standard InChI is InChI=1S/C30H30N4O6/c1-4-5-6-14-40-20-11-9-18(10-12-20)27(35)25-26(19-8-7-13-31-17-19)34(29(37)28(25)36)30-32-21-15-23(38-2)24(39-3)16-22(21)33-30/h7-13,15-17,26,35H,4-6,14H2,1-3H3,(H,32,33)/b27-25+. The van der Waals surface area contributed by atoms with Crippen LogP contribution in [0.5, 0.6) is 17.2 Å². The smallest absolute Gasteiger partial charge is 0.302 e. The monoisotopic (exact) mass is 542 g/mol. The summed E-state index contributed by atoms with van der Waals surface area (Å²) in [4.78, 5) is 40.0. The molecule has 1 amide bonds. The summed E-state index contributed by atoms with van der Waals surface area (Å²) in [5.74, 6) is -0.218. The maximum absolute atomic E-state index is 13.5. The third-order valence-corrected chi connectivity index (χ3v) is 6.79. The van der Waals surface area contributed by atoms with E-state index in [-0.39, 0.29) is 17.3 Å². The molecule has 5 rings (SSSR count). The van der Waals surface area contributed by atoms with Gasteiger partial charge in [0.15, 0.2) is 11.5 Å². The van der Waals surface area contributed by atoms with Gasteiger partial charge in [-0.3, -0.25) is 19.5 Å². The van der Waals surface area contributed by atoms with E-state index in [0.717, 1.165) is 19.3 Å². The highest BCUT2D eigenvalue weighted by Crippen LogP contribution is 2.42. The van der Waals surface area contributed by atoms with E-state index < -0.39 is 17.7 Å². The van der Waals surface area contributed by atoms with Crippen LogP contribution in [0.15, 0.2) is 66.5 Å². The van der Waals surface area contributed by atoms with Gasteiger partial charge in [-0.1, -0.05) is 25.8 Å². The molecular formula is C30H30N4O6. The van der Waals surface area contributed by atoms with Gasteiger partial charge in [0.2, 0.25) is 5.95 Å². The number of anilines is 1. The maximum Gasteiger partial charge on any atom is 0.302 e. The SMILES string of the molecule is CCCCCOc1ccc(/C(O)=C2\C(=O)C(=O)N(c3nc4cc(OC)c(OC)cc4[nH]3)C2c2cccnc2)cc1. The number of Topliss-reactive ketones (excluding diaryl/α,β-unsaturated/α-hetero) is 1. The number of benzene rings is 2. The van der Waals surface area contributed by atoms with E-state index in [1.54, 1.807) is 60.9 Å². The van der Waals surface area contributed by atoms with Crippen molar-refractivity contribution in [3.63, 3.8) is 0 Å². The fraction of sp³-hybridized carbons (Fsp3) is 0.267. The van der Waals surface area contributed by atoms with Crippen LogP contribution in [0.25, 0.3) is 16.8 Å². The summed E-state index contributed by atoms with van der Waals surface area (Å²) >= 11 is 0. The van der Waals surface area contributed by atoms with Gasteiger partial charge >= 0.3 is 5.91 Å². The molecule has 1 aliphatic heterocycles. The second-order valence-electron chi connectivity index (χ2n) is 9.32. The topological polar surface area (TPSA) is 127 Å². The van der Waals surface area contributed by atoms with Crippen molar-refractivity contribution in [2.24, 2.45) is 0 Å². The number of aliphatic hydroxyl groups excluding tert-OH is 1. The minimum absolute atomic E-state index is 0.0646. The lowest BCUT2D eigenvalue weighted by molar-refractivity contribution is -0.132. The van der Waals surface area contributed by atoms with Crippen LogP contribution < -0.4 is 19.1 Å². The van der Waals surface area contributed by atoms with E-state index in [1.807, 2.05) is 0 Å². The molecule has 206 valence electrons. The highest BCUT2D eigenvalue weighted by atomic mass is 16.5. The lowest BCUT2D eigenvalue weighted by atomic mass is 9.96. The second kappa shape index (κ2) is 11.5. The van der Waals surface area contributed by atoms with E-state index in [2.05, 4.69) is 21.9 Å². The molecule has 1 fully saturated rings. The first-order valence-corrected chi connectivity index (χ1v) is 13.0. The number of aliphatic hydroxyl groups is 1. The lowest BCUT2D eigenvalue weighted by Crippen LogP contribution is -2.30. The molecule has 4 aromatic rings. The number of pyridine rings is 1. The van der Waals surface area contributed by atoms with E-state index in [9.17, 15) is 14.7 Å². The van der Waals surface area contributed by atoms with Crippen molar-refractivity contribution >= 4 is 34.4 Å². The highest BCUT2D eigenvalue weighted by Gasteiger charge is 2.48. The zero-order chi connectivity index (χ0) is 28.2. The second-order valence-corrected chi connectivity index (χ2v) is 9.32. The molecule has 1 saturated heterocycles. The Balaban J connectivity index is 1.57. The van der Waals surface area contributed by atoms with Gasteiger partial charge < -0.3 is 24.3 Å². The summed E-state index contributed by atoms with van der Waals surface area (Å²) in [6, 6.07) is 12.6. The fourth-order valence-corrected chi connectivity index (χ4v) is 4.75. The molecule has 0 radical (unpaired) electrons. The molecule has 0 spiro atoms. The minimum atomic E-state index is -0.969. The van der Waals surface area contributed by atoms with Crippen molar-refractivity contribution in [2.75, 3.05) is 25.7 Å². The first kappa shape index (κ1) is 26.7. The van der Waals surface area contributed by atoms with Crippen molar-refractivity contribution < 1.29 is 28.9 Å². The maximum atomic E-state index is 13.5. The number of aromatic nitrogens is 3. The van der Waals surface area contributed by atoms with Gasteiger partial charge in [-0.2, -0.15) is 0 Å². The largest absolute Gasteiger partial charge is 0.507 e. The fourth-order valence-electron chi connectivity index (χ4n) is 4.75. The Morgan fingerprint density at radius 3 is 2.48 bits per heavy atom. The molecule has 0 saturated carbocycles. The number of fused-ring (bicyclic) bond motifs is 1. The van der Waals surface area contributed by atoms with E-state index in [0.29, 0.717) is 46.0 Å². The number of carbonyl (C=O) groups is 2. The quantitative estimate of drug-likeness (QED) is 0.122. The minimum Gasteiger partial charge on any atom is -0.507 e. The summed E-state index contributed by atoms with van der Waals surface area (Å²) in [6.45, 7) is 2.73. The van der Waals surface area contributed by atoms with Crippen LogP contribution >= 0.6 is 0 Å². The molecule has 0 aliphatic carbocycles. The summed E-state index contributed by atoms with van der Waals surface area (Å²) in [6.07, 6.45) is 6.28. The first-order chi connectivity index (χ1) is 19.5. The molecule has 10 nitrogen and oxygen atoms in total. The van der Waals surface area contributed by atoms with Crippen molar-refractivity contribution in [3.05, 3.63) is 77.6 Å². The predicted molar refractivity (Wildman–Crippen MR) is 150 cm³/mol. The molecule has 1 aliphatic rings. The van der Waals surface area contributed by atoms with Crippen molar-refractivity contribution in [2.45, 2.75) is 32.2 Å². The molecule has 40 heavy (non-hydrogen) atoms. The molecule has 2 aromatic heterocycles. The normalized spacial score (nSPS) is 16.5. The average Bonchev–Trinajstić information content (AvgIpc) is 3.52. The number of methoxy groups -OCH3 is 2. The molecule has 1 unspecified atom stereocenters. The molecule has 2 N–H and O–H groups in total. The van der Waals surface area contributed by atoms with Crippen LogP contribution in [-0.4, -0.2) is 52.6 Å². The summed E-state index contributed by atoms with van der Waals surface area (Å²) in [7, 11) is 3.04. The van der Waals surface area contributed by atoms with Gasteiger partial charge in [-0.25, -0.2) is 4.98 Å². The zero-order valence-corrected chi connectivity index (χ0v) is 22.5. The number of hydrogen-bond acceptors (Lipinski definition) is 8. The van der Waals surface area contributed by atoms with Crippen LogP contribution in [0.1, 0.15) is 43.4 Å². The number of H-pyrrole nitrogens is 1. The van der Waals surface area contributed by atoms with E-state index >= 15 is 0 Å². The number of hydrogen-bond donors (Lipinski definition) is 2. The van der Waals surface area contributed by atoms with Gasteiger partial charge in [-0.05, 0) is 42.3 Å². The number of unbranched alkanes of at least 4 members (excludes halogenated alkanes) is 2. The Labute approximate surface area is 231 Å². The van der Waals surface area contributed by atoms with Crippen LogP contribution in [-0.2, 0) is 9.59 Å². The molecule has 10 heteroatoms. The van der Waals surface area contributed by atoms with Gasteiger partial charge in [-0.15, -0.1) is 0 Å². The van der Waals surface area contributed by atoms with Crippen molar-refractivity contribution in [1.82, 2.24) is 15.0 Å². The van der Waals surface area contributed by atoms with E-state index in [4.69, 9.17) is 14.2 Å². The van der Waals surface area contributed by atoms with Crippen molar-refractivity contribution in [1.29, 1.82) is 0 Å². The Kier molecular flexibility index (Phi) is 7.68. The number of carbonyl (C=O) groups excluding carboxylic acids is 2. The zero-order valence-electron chi connectivity index (χ0n) is 22.5. The molecule has 1 atom stereocenters. The number of rotatable bonds is 10. The third kappa shape index (κ3) is 4.95. The Morgan fingerprint density at radius 2 is 1.80 bits per heavy atom. The number of amides is 1. The van der Waals surface area contributed by atoms with Gasteiger partial charge in [0.05, 0.1) is 43.5 Å². The van der Waals surface area contributed by atoms with E-state index in [1.165, 1.54) is 19.1 Å². The van der Waals surface area contributed by atoms with Gasteiger partial charge in [0.1, 0.15) is 11.5 Å². The number of nitrogens with zero attached hydrogens (tertiary/aromatic N) is 3. The van der Waals surface area contributed by atoms with Crippen LogP contribution in [0, 0.1) is 0 Å². The molecule has 2 aromatic carbocycles. The average molecular weight is 543 g/mol. The lowest BCUT2D eigenvalue weighted by Gasteiger charge is -2.22. The van der Waals surface area contributed by atoms with Crippen LogP contribution in [0.3, 0.4) is 0 Å². The van der Waals surface area contributed by atoms with Crippen LogP contribution in [0.4, 0.5) is 5.95 Å². The van der Waals surface area contributed by atoms with Gasteiger partial charge in [0, 0.05) is 30.1 Å². The highest BCUT2D eigenvalue weighted by molar-refractivity contribution is 6.51. The molecular weight excluding hydrogens is 512 g/mol. The number of ether oxygens (including phenoxy) is 3. The summed E-state index contributed by atoms with van der Waals surface area (Å²) < 4.78 is 16.5.